The van der Waals surface area contributed by atoms with Crippen LogP contribution >= 0.6 is 0 Å². The lowest BCUT2D eigenvalue weighted by atomic mass is 9.41. The molecule has 0 unspecified atom stereocenters. The summed E-state index contributed by atoms with van der Waals surface area (Å²) in [5.41, 5.74) is 1.14. The molecule has 13 atom stereocenters. The molecule has 10 heteroatoms. The highest BCUT2D eigenvalue weighted by Gasteiger charge is 2.65. The van der Waals surface area contributed by atoms with Gasteiger partial charge < -0.3 is 24.6 Å². The third kappa shape index (κ3) is 5.80. The van der Waals surface area contributed by atoms with Gasteiger partial charge in [-0.25, -0.2) is 17.9 Å². The number of carbonyl (C=O) groups excluding carboxylic acids is 1. The molecular weight excluding hydrogens is 616 g/mol. The lowest BCUT2D eigenvalue weighted by Gasteiger charge is -2.64. The number of nitrogens with one attached hydrogen (secondary N) is 1. The maximum absolute atomic E-state index is 13.1. The minimum atomic E-state index is -4.07. The number of hydrogen-bond donors (Lipinski definition) is 3. The van der Waals surface area contributed by atoms with E-state index >= 15 is 0 Å². The lowest BCUT2D eigenvalue weighted by Crippen LogP contribution is -2.62. The number of hydrogen-bond acceptors (Lipinski definition) is 8. The average Bonchev–Trinajstić information content (AvgIpc) is 3.58. The minimum absolute atomic E-state index is 0.0326. The van der Waals surface area contributed by atoms with E-state index in [0.717, 1.165) is 83.0 Å². The molecule has 7 rings (SSSR count). The molecule has 6 aliphatic rings. The fourth-order valence-electron chi connectivity index (χ4n) is 12.1. The van der Waals surface area contributed by atoms with Gasteiger partial charge in [0.05, 0.1) is 35.9 Å². The van der Waals surface area contributed by atoms with Crippen LogP contribution in [0.4, 0.5) is 10.5 Å². The first-order chi connectivity index (χ1) is 22.3. The van der Waals surface area contributed by atoms with Crippen molar-refractivity contribution in [3.05, 3.63) is 24.3 Å². The minimum Gasteiger partial charge on any atom is -0.449 e. The monoisotopic (exact) mass is 672 g/mol. The van der Waals surface area contributed by atoms with Gasteiger partial charge in [0.2, 0.25) is 0 Å². The predicted molar refractivity (Wildman–Crippen MR) is 179 cm³/mol. The number of rotatable bonds is 7. The van der Waals surface area contributed by atoms with Crippen molar-refractivity contribution in [2.45, 2.75) is 121 Å². The largest absolute Gasteiger partial charge is 0.449 e. The number of carbonyl (C=O) groups is 1. The highest BCUT2D eigenvalue weighted by molar-refractivity contribution is 7.90. The van der Waals surface area contributed by atoms with Crippen LogP contribution in [-0.4, -0.2) is 68.8 Å². The second kappa shape index (κ2) is 12.5. The zero-order chi connectivity index (χ0) is 33.3. The molecule has 3 N–H and O–H groups in total. The predicted octanol–water partition coefficient (Wildman–Crippen LogP) is 5.73. The fraction of sp³-hybridized carbons (Fsp3) is 0.811. The zero-order valence-electron chi connectivity index (χ0n) is 28.6. The Balaban J connectivity index is 0.968. The molecule has 6 fully saturated rings. The number of ether oxygens (including phenoxy) is 2. The Bertz CT molecular complexity index is 1410. The SMILES string of the molecule is CC[C@H]1[C@@H](O)[C@@H]2[C@H](CC[C@]3(C)[C@@H]([C@H](C)COC(=O)NS(=O)(=O)c4ccc(N5C[C@H]6CC[C@@H](C5)O6)cc4)CC[C@@H]23)[C@@]2(C)CC[C@@H](O)C[C@@H]12. The molecule has 0 spiro atoms. The van der Waals surface area contributed by atoms with E-state index in [9.17, 15) is 23.4 Å². The van der Waals surface area contributed by atoms with Gasteiger partial charge in [-0.1, -0.05) is 34.1 Å². The van der Waals surface area contributed by atoms with E-state index in [0.29, 0.717) is 23.7 Å². The Morgan fingerprint density at radius 1 is 0.979 bits per heavy atom. The van der Waals surface area contributed by atoms with Crippen LogP contribution in [0, 0.1) is 52.3 Å². The smallest absolute Gasteiger partial charge is 0.421 e. The lowest BCUT2D eigenvalue weighted by molar-refractivity contribution is -0.203. The molecule has 2 bridgehead atoms. The molecule has 9 nitrogen and oxygen atoms in total. The van der Waals surface area contributed by atoms with Crippen molar-refractivity contribution in [2.24, 2.45) is 52.3 Å². The standard InChI is InChI=1S/C37H56N2O7S/c1-5-28-32-18-24(40)14-16-37(32,4)31-15-17-36(3)29(12-13-30(36)33(31)34(28)41)22(2)21-45-35(42)38-47(43,44)27-10-6-23(7-11-27)39-19-25-8-9-26(20-39)46-25/h6-7,10-11,22,24-26,28-34,40-41H,5,8-9,12-21H2,1-4H3,(H,38,42)/t22-,24-,25-,26+,28-,29-,30+,31+,32+,33+,34-,36-,37-/m1/s1. The molecule has 2 saturated heterocycles. The van der Waals surface area contributed by atoms with E-state index < -0.39 is 16.1 Å². The Morgan fingerprint density at radius 3 is 2.32 bits per heavy atom. The van der Waals surface area contributed by atoms with Crippen LogP contribution in [0.3, 0.4) is 0 Å². The Labute approximate surface area is 281 Å². The molecule has 0 aromatic heterocycles. The van der Waals surface area contributed by atoms with Crippen LogP contribution in [0.5, 0.6) is 0 Å². The van der Waals surface area contributed by atoms with Gasteiger partial charge in [-0.3, -0.25) is 0 Å². The molecular formula is C37H56N2O7S. The maximum atomic E-state index is 13.1. The molecule has 4 aliphatic carbocycles. The summed E-state index contributed by atoms with van der Waals surface area (Å²) >= 11 is 0. The van der Waals surface area contributed by atoms with E-state index in [4.69, 9.17) is 9.47 Å². The number of aliphatic hydroxyl groups is 2. The molecule has 47 heavy (non-hydrogen) atoms. The number of amides is 1. The Hall–Kier alpha value is -1.88. The van der Waals surface area contributed by atoms with Crippen molar-refractivity contribution in [3.8, 4) is 0 Å². The summed E-state index contributed by atoms with van der Waals surface area (Å²) in [5.74, 6) is 2.11. The molecule has 0 radical (unpaired) electrons. The summed E-state index contributed by atoms with van der Waals surface area (Å²) in [4.78, 5) is 15.1. The number of benzene rings is 1. The summed E-state index contributed by atoms with van der Waals surface area (Å²) in [6.07, 6.45) is 8.96. The van der Waals surface area contributed by atoms with Crippen LogP contribution in [0.1, 0.15) is 91.9 Å². The summed E-state index contributed by atoms with van der Waals surface area (Å²) < 4.78 is 39.7. The molecule has 262 valence electrons. The van der Waals surface area contributed by atoms with Gasteiger partial charge in [0.25, 0.3) is 10.0 Å². The Kier molecular flexibility index (Phi) is 8.91. The van der Waals surface area contributed by atoms with Gasteiger partial charge in [-0.2, -0.15) is 0 Å². The van der Waals surface area contributed by atoms with E-state index in [2.05, 4.69) is 37.3 Å². The van der Waals surface area contributed by atoms with E-state index in [1.54, 1.807) is 24.3 Å². The van der Waals surface area contributed by atoms with Crippen molar-refractivity contribution in [1.82, 2.24) is 4.72 Å². The third-order valence-corrected chi connectivity index (χ3v) is 15.7. The summed E-state index contributed by atoms with van der Waals surface area (Å²) in [6, 6.07) is 6.68. The summed E-state index contributed by atoms with van der Waals surface area (Å²) in [5, 5.41) is 22.5. The van der Waals surface area contributed by atoms with Crippen molar-refractivity contribution < 1.29 is 32.9 Å². The van der Waals surface area contributed by atoms with Crippen molar-refractivity contribution in [3.63, 3.8) is 0 Å². The molecule has 2 heterocycles. The van der Waals surface area contributed by atoms with Crippen LogP contribution in [0.25, 0.3) is 0 Å². The van der Waals surface area contributed by atoms with Crippen LogP contribution in [0.15, 0.2) is 29.2 Å². The van der Waals surface area contributed by atoms with Gasteiger partial charge >= 0.3 is 6.09 Å². The molecule has 1 aromatic carbocycles. The van der Waals surface area contributed by atoms with Gasteiger partial charge in [-0.15, -0.1) is 0 Å². The van der Waals surface area contributed by atoms with E-state index in [1.807, 2.05) is 0 Å². The zero-order valence-corrected chi connectivity index (χ0v) is 29.5. The van der Waals surface area contributed by atoms with Gasteiger partial charge in [-0.05, 0) is 134 Å². The number of nitrogens with zero attached hydrogens (tertiary/aromatic N) is 1. The molecule has 1 amide bonds. The third-order valence-electron chi connectivity index (χ3n) is 14.4. The van der Waals surface area contributed by atoms with Gasteiger partial charge in [0.15, 0.2) is 0 Å². The van der Waals surface area contributed by atoms with E-state index in [-0.39, 0.29) is 64.5 Å². The van der Waals surface area contributed by atoms with E-state index in [1.165, 1.54) is 0 Å². The highest BCUT2D eigenvalue weighted by atomic mass is 32.2. The van der Waals surface area contributed by atoms with Gasteiger partial charge in [0, 0.05) is 18.8 Å². The quantitative estimate of drug-likeness (QED) is 0.336. The van der Waals surface area contributed by atoms with Gasteiger partial charge in [0.1, 0.15) is 0 Å². The maximum Gasteiger partial charge on any atom is 0.421 e. The Morgan fingerprint density at radius 2 is 1.64 bits per heavy atom. The number of anilines is 1. The first-order valence-electron chi connectivity index (χ1n) is 18.4. The first kappa shape index (κ1) is 33.6. The number of sulfonamides is 1. The second-order valence-corrected chi connectivity index (χ2v) is 18.3. The number of fused-ring (bicyclic) bond motifs is 7. The fourth-order valence-corrected chi connectivity index (χ4v) is 13.0. The average molecular weight is 673 g/mol. The summed E-state index contributed by atoms with van der Waals surface area (Å²) in [6.45, 7) is 10.9. The first-order valence-corrected chi connectivity index (χ1v) is 19.9. The second-order valence-electron chi connectivity index (χ2n) is 16.7. The van der Waals surface area contributed by atoms with Crippen molar-refractivity contribution >= 4 is 21.8 Å². The normalized spacial score (nSPS) is 43.4. The molecule has 2 aliphatic heterocycles. The summed E-state index contributed by atoms with van der Waals surface area (Å²) in [7, 11) is -4.07. The molecule has 1 aromatic rings. The number of aliphatic hydroxyl groups excluding tert-OH is 2. The van der Waals surface area contributed by atoms with Crippen LogP contribution in [0.2, 0.25) is 0 Å². The highest BCUT2D eigenvalue weighted by Crippen LogP contribution is 2.69. The molecule has 4 saturated carbocycles. The van der Waals surface area contributed by atoms with Crippen molar-refractivity contribution in [1.29, 1.82) is 0 Å². The van der Waals surface area contributed by atoms with Crippen LogP contribution < -0.4 is 9.62 Å². The van der Waals surface area contributed by atoms with Crippen LogP contribution in [-0.2, 0) is 19.5 Å². The number of morpholine rings is 1. The van der Waals surface area contributed by atoms with Crippen molar-refractivity contribution in [2.75, 3.05) is 24.6 Å². The topological polar surface area (TPSA) is 125 Å².